The molecule has 1 atom stereocenters. The van der Waals surface area contributed by atoms with Gasteiger partial charge in [-0.25, -0.2) is 8.42 Å². The van der Waals surface area contributed by atoms with Crippen LogP contribution in [0.4, 0.5) is 11.4 Å². The molecule has 1 heterocycles. The molecule has 1 N–H and O–H groups in total. The van der Waals surface area contributed by atoms with Crippen LogP contribution in [0.3, 0.4) is 0 Å². The molecular formula is C29H34ClN3O3S. The number of amides is 1. The predicted octanol–water partition coefficient (Wildman–Crippen LogP) is 5.70. The van der Waals surface area contributed by atoms with E-state index in [1.165, 1.54) is 18.5 Å². The van der Waals surface area contributed by atoms with Crippen LogP contribution in [0.15, 0.2) is 71.6 Å². The van der Waals surface area contributed by atoms with E-state index in [4.69, 9.17) is 11.6 Å². The molecule has 1 aliphatic heterocycles. The van der Waals surface area contributed by atoms with Gasteiger partial charge < -0.3 is 10.2 Å². The van der Waals surface area contributed by atoms with Gasteiger partial charge in [-0.2, -0.15) is 0 Å². The molecule has 3 aromatic rings. The highest BCUT2D eigenvalue weighted by molar-refractivity contribution is 7.92. The number of nitrogens with zero attached hydrogens (tertiary/aromatic N) is 2. The van der Waals surface area contributed by atoms with E-state index in [-0.39, 0.29) is 17.3 Å². The second-order valence-corrected chi connectivity index (χ2v) is 12.2. The topological polar surface area (TPSA) is 69.7 Å². The molecule has 0 aliphatic carbocycles. The third kappa shape index (κ3) is 6.65. The Balaban J connectivity index is 1.48. The van der Waals surface area contributed by atoms with Crippen molar-refractivity contribution in [2.24, 2.45) is 5.92 Å². The maximum absolute atomic E-state index is 13.6. The first-order valence-corrected chi connectivity index (χ1v) is 14.4. The van der Waals surface area contributed by atoms with Crippen molar-refractivity contribution in [3.8, 4) is 0 Å². The number of nitrogens with one attached hydrogen (secondary N) is 1. The van der Waals surface area contributed by atoms with E-state index in [1.807, 2.05) is 19.1 Å². The smallest absolute Gasteiger partial charge is 0.264 e. The molecule has 3 aromatic carbocycles. The zero-order chi connectivity index (χ0) is 26.6. The van der Waals surface area contributed by atoms with Gasteiger partial charge in [-0.1, -0.05) is 48.4 Å². The Morgan fingerprint density at radius 1 is 1.05 bits per heavy atom. The average Bonchev–Trinajstić information content (AvgIpc) is 2.87. The van der Waals surface area contributed by atoms with E-state index >= 15 is 0 Å². The second-order valence-electron chi connectivity index (χ2n) is 9.89. The monoisotopic (exact) mass is 539 g/mol. The molecule has 0 radical (unpaired) electrons. The Morgan fingerprint density at radius 2 is 1.76 bits per heavy atom. The molecule has 0 saturated carbocycles. The van der Waals surface area contributed by atoms with Crippen LogP contribution in [-0.4, -0.2) is 34.0 Å². The zero-order valence-corrected chi connectivity index (χ0v) is 23.1. The fourth-order valence-corrected chi connectivity index (χ4v) is 6.38. The molecule has 4 rings (SSSR count). The minimum Gasteiger partial charge on any atom is -0.371 e. The molecule has 6 nitrogen and oxygen atoms in total. The number of anilines is 2. The van der Waals surface area contributed by atoms with Gasteiger partial charge in [0.25, 0.3) is 10.0 Å². The van der Waals surface area contributed by atoms with E-state index in [0.29, 0.717) is 28.7 Å². The van der Waals surface area contributed by atoms with Crippen LogP contribution in [0, 0.1) is 19.8 Å². The maximum atomic E-state index is 13.6. The molecule has 1 fully saturated rings. The van der Waals surface area contributed by atoms with Crippen LogP contribution in [0.2, 0.25) is 5.02 Å². The summed E-state index contributed by atoms with van der Waals surface area (Å²) in [6.45, 7) is 8.05. The van der Waals surface area contributed by atoms with Gasteiger partial charge in [0, 0.05) is 30.3 Å². The third-order valence-electron chi connectivity index (χ3n) is 6.77. The molecule has 1 aliphatic rings. The number of halogens is 1. The van der Waals surface area contributed by atoms with Crippen LogP contribution in [-0.2, 0) is 21.4 Å². The van der Waals surface area contributed by atoms with Crippen molar-refractivity contribution >= 4 is 38.9 Å². The summed E-state index contributed by atoms with van der Waals surface area (Å²) < 4.78 is 28.4. The fraction of sp³-hybridized carbons (Fsp3) is 0.345. The van der Waals surface area contributed by atoms with Gasteiger partial charge in [0.2, 0.25) is 5.91 Å². The van der Waals surface area contributed by atoms with Gasteiger partial charge in [-0.05, 0) is 86.2 Å². The molecule has 0 aromatic heterocycles. The second kappa shape index (κ2) is 11.6. The van der Waals surface area contributed by atoms with Crippen LogP contribution < -0.4 is 14.5 Å². The number of piperidine rings is 1. The zero-order valence-electron chi connectivity index (χ0n) is 21.6. The summed E-state index contributed by atoms with van der Waals surface area (Å²) >= 11 is 6.11. The van der Waals surface area contributed by atoms with E-state index in [9.17, 15) is 13.2 Å². The van der Waals surface area contributed by atoms with Crippen LogP contribution >= 0.6 is 11.6 Å². The Bertz CT molecular complexity index is 1340. The van der Waals surface area contributed by atoms with Crippen molar-refractivity contribution in [1.82, 2.24) is 5.32 Å². The number of carbonyl (C=O) groups is 1. The molecule has 8 heteroatoms. The van der Waals surface area contributed by atoms with Crippen LogP contribution in [0.5, 0.6) is 0 Å². The average molecular weight is 540 g/mol. The summed E-state index contributed by atoms with van der Waals surface area (Å²) in [7, 11) is -3.98. The standard InChI is InChI=1S/C29H34ClN3O3S/c1-21-6-13-27(14-7-21)37(35,36)33(28-15-10-25(30)17-23(28)3)20-29(34)31-18-24-8-11-26(12-9-24)32-16-4-5-22(2)19-32/h6-15,17,22H,4-5,16,18-20H2,1-3H3,(H,31,34). The fourth-order valence-electron chi connectivity index (χ4n) is 4.67. The van der Waals surface area contributed by atoms with Crippen molar-refractivity contribution < 1.29 is 13.2 Å². The molecule has 1 unspecified atom stereocenters. The Labute approximate surface area is 225 Å². The van der Waals surface area contributed by atoms with E-state index in [2.05, 4.69) is 29.3 Å². The lowest BCUT2D eigenvalue weighted by Crippen LogP contribution is -2.41. The van der Waals surface area contributed by atoms with Crippen molar-refractivity contribution in [1.29, 1.82) is 0 Å². The van der Waals surface area contributed by atoms with E-state index in [0.717, 1.165) is 28.5 Å². The van der Waals surface area contributed by atoms with Gasteiger partial charge in [0.05, 0.1) is 10.6 Å². The van der Waals surface area contributed by atoms with Gasteiger partial charge >= 0.3 is 0 Å². The molecular weight excluding hydrogens is 506 g/mol. The first-order chi connectivity index (χ1) is 17.6. The van der Waals surface area contributed by atoms with Crippen molar-refractivity contribution in [3.05, 3.63) is 88.4 Å². The number of sulfonamides is 1. The van der Waals surface area contributed by atoms with Crippen LogP contribution in [0.1, 0.15) is 36.5 Å². The molecule has 0 spiro atoms. The highest BCUT2D eigenvalue weighted by Gasteiger charge is 2.28. The summed E-state index contributed by atoms with van der Waals surface area (Å²) in [6.07, 6.45) is 2.47. The Morgan fingerprint density at radius 3 is 2.41 bits per heavy atom. The molecule has 37 heavy (non-hydrogen) atoms. The lowest BCUT2D eigenvalue weighted by molar-refractivity contribution is -0.119. The number of hydrogen-bond donors (Lipinski definition) is 1. The van der Waals surface area contributed by atoms with Gasteiger partial charge in [-0.15, -0.1) is 0 Å². The van der Waals surface area contributed by atoms with E-state index < -0.39 is 10.0 Å². The number of hydrogen-bond acceptors (Lipinski definition) is 4. The summed E-state index contributed by atoms with van der Waals surface area (Å²) in [6, 6.07) is 19.8. The summed E-state index contributed by atoms with van der Waals surface area (Å²) in [4.78, 5) is 15.5. The van der Waals surface area contributed by atoms with Crippen molar-refractivity contribution in [2.45, 2.75) is 45.1 Å². The van der Waals surface area contributed by atoms with Gasteiger partial charge in [0.1, 0.15) is 6.54 Å². The van der Waals surface area contributed by atoms with Gasteiger partial charge in [-0.3, -0.25) is 9.10 Å². The number of benzene rings is 3. The quantitative estimate of drug-likeness (QED) is 0.398. The first-order valence-electron chi connectivity index (χ1n) is 12.6. The van der Waals surface area contributed by atoms with E-state index in [1.54, 1.807) is 49.4 Å². The summed E-state index contributed by atoms with van der Waals surface area (Å²) in [5.74, 6) is 0.301. The maximum Gasteiger partial charge on any atom is 0.264 e. The normalized spacial score (nSPS) is 15.9. The highest BCUT2D eigenvalue weighted by Crippen LogP contribution is 2.29. The number of rotatable bonds is 8. The van der Waals surface area contributed by atoms with Crippen LogP contribution in [0.25, 0.3) is 0 Å². The highest BCUT2D eigenvalue weighted by atomic mass is 35.5. The lowest BCUT2D eigenvalue weighted by Gasteiger charge is -2.32. The molecule has 1 amide bonds. The Hall–Kier alpha value is -3.03. The van der Waals surface area contributed by atoms with Crippen molar-refractivity contribution in [2.75, 3.05) is 28.8 Å². The minimum atomic E-state index is -3.98. The molecule has 1 saturated heterocycles. The largest absolute Gasteiger partial charge is 0.371 e. The lowest BCUT2D eigenvalue weighted by atomic mass is 9.99. The third-order valence-corrected chi connectivity index (χ3v) is 8.78. The Kier molecular flexibility index (Phi) is 8.45. The SMILES string of the molecule is Cc1ccc(S(=O)(=O)N(CC(=O)NCc2ccc(N3CCCC(C)C3)cc2)c2ccc(Cl)cc2C)cc1. The van der Waals surface area contributed by atoms with Gasteiger partial charge in [0.15, 0.2) is 0 Å². The summed E-state index contributed by atoms with van der Waals surface area (Å²) in [5.41, 5.74) is 4.18. The number of carbonyl (C=O) groups excluding carboxylic acids is 1. The molecule has 0 bridgehead atoms. The minimum absolute atomic E-state index is 0.128. The molecule has 196 valence electrons. The first kappa shape index (κ1) is 27.0. The number of aryl methyl sites for hydroxylation is 2. The van der Waals surface area contributed by atoms with Crippen molar-refractivity contribution in [3.63, 3.8) is 0 Å². The predicted molar refractivity (Wildman–Crippen MR) is 151 cm³/mol. The summed E-state index contributed by atoms with van der Waals surface area (Å²) in [5, 5.41) is 3.38.